The quantitative estimate of drug-likeness (QED) is 0.175. The molecule has 0 amide bonds. The maximum Gasteiger partial charge on any atom is 0.335 e. The molecule has 0 heterocycles. The highest BCUT2D eigenvalue weighted by molar-refractivity contribution is 6.00. The summed E-state index contributed by atoms with van der Waals surface area (Å²) in [4.78, 5) is 11.2. The van der Waals surface area contributed by atoms with Crippen molar-refractivity contribution in [2.24, 2.45) is 20.5 Å². The van der Waals surface area contributed by atoms with Crippen molar-refractivity contribution in [2.45, 2.75) is 6.92 Å². The van der Waals surface area contributed by atoms with Gasteiger partial charge in [0.15, 0.2) is 5.75 Å². The Morgan fingerprint density at radius 2 is 1.44 bits per heavy atom. The lowest BCUT2D eigenvalue weighted by Gasteiger charge is -2.09. The van der Waals surface area contributed by atoms with Crippen LogP contribution in [0, 0.1) is 6.92 Å². The molecular formula is C28H21N5O3. The number of aryl methyl sites for hydroxylation is 1. The summed E-state index contributed by atoms with van der Waals surface area (Å²) in [5.41, 5.74) is 9.39. The van der Waals surface area contributed by atoms with Gasteiger partial charge >= 0.3 is 5.97 Å². The molecule has 0 saturated heterocycles. The van der Waals surface area contributed by atoms with Gasteiger partial charge in [0.25, 0.3) is 0 Å². The van der Waals surface area contributed by atoms with Gasteiger partial charge in [-0.15, -0.1) is 15.3 Å². The number of hydrogen-bond donors (Lipinski definition) is 3. The number of anilines is 1. The third-order valence-electron chi connectivity index (χ3n) is 5.80. The minimum Gasteiger partial charge on any atom is -0.505 e. The molecule has 0 bridgehead atoms. The molecule has 0 aliphatic carbocycles. The van der Waals surface area contributed by atoms with Crippen molar-refractivity contribution in [1.29, 1.82) is 0 Å². The average Bonchev–Trinajstić information content (AvgIpc) is 2.88. The molecule has 8 heteroatoms. The van der Waals surface area contributed by atoms with Gasteiger partial charge in [-0.05, 0) is 66.4 Å². The second kappa shape index (κ2) is 9.27. The summed E-state index contributed by atoms with van der Waals surface area (Å²) in [5.74, 6) is -0.997. The molecule has 0 aliphatic rings. The van der Waals surface area contributed by atoms with Gasteiger partial charge in [-0.25, -0.2) is 4.79 Å². The van der Waals surface area contributed by atoms with Crippen LogP contribution in [0.1, 0.15) is 15.9 Å². The summed E-state index contributed by atoms with van der Waals surface area (Å²) < 4.78 is 0. The first-order valence-corrected chi connectivity index (χ1v) is 11.1. The van der Waals surface area contributed by atoms with Gasteiger partial charge in [-0.1, -0.05) is 36.4 Å². The van der Waals surface area contributed by atoms with Crippen LogP contribution in [0.3, 0.4) is 0 Å². The third kappa shape index (κ3) is 4.35. The number of nitrogens with zero attached hydrogens (tertiary/aromatic N) is 4. The molecular weight excluding hydrogens is 454 g/mol. The molecule has 5 aromatic carbocycles. The highest BCUT2D eigenvalue weighted by atomic mass is 16.4. The summed E-state index contributed by atoms with van der Waals surface area (Å²) >= 11 is 0. The van der Waals surface area contributed by atoms with Crippen molar-refractivity contribution >= 4 is 56.0 Å². The van der Waals surface area contributed by atoms with Gasteiger partial charge < -0.3 is 15.9 Å². The van der Waals surface area contributed by atoms with Gasteiger partial charge in [-0.3, -0.25) is 0 Å². The largest absolute Gasteiger partial charge is 0.505 e. The summed E-state index contributed by atoms with van der Waals surface area (Å²) in [7, 11) is 0. The zero-order valence-corrected chi connectivity index (χ0v) is 19.3. The number of fused-ring (bicyclic) bond motifs is 2. The first-order valence-electron chi connectivity index (χ1n) is 11.1. The van der Waals surface area contributed by atoms with E-state index in [2.05, 4.69) is 20.5 Å². The molecule has 0 fully saturated rings. The fraction of sp³-hybridized carbons (Fsp3) is 0.0357. The molecule has 8 nitrogen and oxygen atoms in total. The van der Waals surface area contributed by atoms with Crippen LogP contribution in [0.2, 0.25) is 0 Å². The Hall–Kier alpha value is -5.11. The van der Waals surface area contributed by atoms with E-state index in [1.807, 2.05) is 43.3 Å². The second-order valence-corrected chi connectivity index (χ2v) is 8.28. The fourth-order valence-corrected chi connectivity index (χ4v) is 4.01. The van der Waals surface area contributed by atoms with Crippen molar-refractivity contribution in [3.63, 3.8) is 0 Å². The zero-order chi connectivity index (χ0) is 25.2. The number of carbonyl (C=O) groups is 1. The molecule has 0 aliphatic heterocycles. The number of benzene rings is 5. The highest BCUT2D eigenvalue weighted by Crippen LogP contribution is 2.41. The summed E-state index contributed by atoms with van der Waals surface area (Å²) in [6.45, 7) is 1.87. The Morgan fingerprint density at radius 3 is 2.14 bits per heavy atom. The van der Waals surface area contributed by atoms with Crippen molar-refractivity contribution < 1.29 is 15.0 Å². The molecule has 5 aromatic rings. The Morgan fingerprint density at radius 1 is 0.750 bits per heavy atom. The lowest BCUT2D eigenvalue weighted by atomic mass is 10.0. The molecule has 0 atom stereocenters. The van der Waals surface area contributed by atoms with Crippen LogP contribution in [-0.2, 0) is 0 Å². The number of azo groups is 2. The third-order valence-corrected chi connectivity index (χ3v) is 5.80. The van der Waals surface area contributed by atoms with E-state index in [0.717, 1.165) is 21.7 Å². The average molecular weight is 476 g/mol. The zero-order valence-electron chi connectivity index (χ0n) is 19.3. The van der Waals surface area contributed by atoms with Crippen molar-refractivity contribution in [1.82, 2.24) is 0 Å². The van der Waals surface area contributed by atoms with Crippen LogP contribution in [0.25, 0.3) is 21.5 Å². The Balaban J connectivity index is 1.53. The van der Waals surface area contributed by atoms with Gasteiger partial charge in [0.1, 0.15) is 5.69 Å². The number of nitrogens with two attached hydrogens (primary N) is 1. The van der Waals surface area contributed by atoms with Crippen LogP contribution in [0.4, 0.5) is 28.4 Å². The smallest absolute Gasteiger partial charge is 0.335 e. The van der Waals surface area contributed by atoms with Crippen LogP contribution in [0.5, 0.6) is 5.75 Å². The number of hydrogen-bond acceptors (Lipinski definition) is 7. The van der Waals surface area contributed by atoms with Gasteiger partial charge in [-0.2, -0.15) is 5.11 Å². The van der Waals surface area contributed by atoms with Crippen molar-refractivity contribution in [3.05, 3.63) is 96.1 Å². The van der Waals surface area contributed by atoms with E-state index < -0.39 is 5.97 Å². The van der Waals surface area contributed by atoms with E-state index in [0.29, 0.717) is 33.8 Å². The van der Waals surface area contributed by atoms with E-state index in [-0.39, 0.29) is 11.3 Å². The fourth-order valence-electron chi connectivity index (χ4n) is 4.01. The number of aromatic hydroxyl groups is 1. The monoisotopic (exact) mass is 475 g/mol. The molecule has 0 spiro atoms. The Kier molecular flexibility index (Phi) is 5.83. The van der Waals surface area contributed by atoms with E-state index in [1.54, 1.807) is 36.4 Å². The molecule has 176 valence electrons. The SMILES string of the molecule is Cc1cc2ccc(N)cc2c(O)c1N=Nc1ccc(N=Nc2cccc(C(=O)O)c2)c2ccccc12. The Labute approximate surface area is 206 Å². The summed E-state index contributed by atoms with van der Waals surface area (Å²) in [6, 6.07) is 24.7. The first kappa shape index (κ1) is 22.7. The lowest BCUT2D eigenvalue weighted by molar-refractivity contribution is 0.0697. The van der Waals surface area contributed by atoms with E-state index in [9.17, 15) is 15.0 Å². The molecule has 0 aromatic heterocycles. The molecule has 5 rings (SSSR count). The lowest BCUT2D eigenvalue weighted by Crippen LogP contribution is -1.94. The number of rotatable bonds is 5. The predicted molar refractivity (Wildman–Crippen MR) is 140 cm³/mol. The molecule has 4 N–H and O–H groups in total. The maximum absolute atomic E-state index is 11.2. The first-order chi connectivity index (χ1) is 17.4. The number of nitrogen functional groups attached to an aromatic ring is 1. The molecule has 0 unspecified atom stereocenters. The van der Waals surface area contributed by atoms with Gasteiger partial charge in [0.05, 0.1) is 22.6 Å². The highest BCUT2D eigenvalue weighted by Gasteiger charge is 2.12. The number of aromatic carboxylic acids is 1. The number of carboxylic acid groups (broad SMARTS) is 1. The van der Waals surface area contributed by atoms with E-state index in [1.165, 1.54) is 12.1 Å². The topological polar surface area (TPSA) is 133 Å². The normalized spacial score (nSPS) is 11.7. The maximum atomic E-state index is 11.2. The van der Waals surface area contributed by atoms with E-state index in [4.69, 9.17) is 5.73 Å². The van der Waals surface area contributed by atoms with Gasteiger partial charge in [0, 0.05) is 21.8 Å². The van der Waals surface area contributed by atoms with Crippen molar-refractivity contribution in [2.75, 3.05) is 5.73 Å². The number of phenolic OH excluding ortho intramolecular Hbond substituents is 1. The van der Waals surface area contributed by atoms with Gasteiger partial charge in [0.2, 0.25) is 0 Å². The van der Waals surface area contributed by atoms with Crippen molar-refractivity contribution in [3.8, 4) is 5.75 Å². The van der Waals surface area contributed by atoms with Crippen LogP contribution < -0.4 is 5.73 Å². The number of phenols is 1. The van der Waals surface area contributed by atoms with Crippen LogP contribution >= 0.6 is 0 Å². The molecule has 36 heavy (non-hydrogen) atoms. The summed E-state index contributed by atoms with van der Waals surface area (Å²) in [6.07, 6.45) is 0. The van der Waals surface area contributed by atoms with Crippen LogP contribution in [0.15, 0.2) is 105 Å². The molecule has 0 radical (unpaired) electrons. The molecule has 0 saturated carbocycles. The minimum atomic E-state index is -1.02. The predicted octanol–water partition coefficient (Wildman–Crippen LogP) is 8.12. The number of carboxylic acids is 1. The standard InChI is InChI=1S/C28H21N5O3/c1-16-13-17-9-10-19(29)15-23(17)27(34)26(16)33-32-25-12-11-24(21-7-2-3-8-22(21)25)31-30-20-6-4-5-18(14-20)28(35)36/h2-15,34H,29H2,1H3,(H,35,36). The second-order valence-electron chi connectivity index (χ2n) is 8.28. The van der Waals surface area contributed by atoms with Crippen LogP contribution in [-0.4, -0.2) is 16.2 Å². The van der Waals surface area contributed by atoms with E-state index >= 15 is 0 Å². The minimum absolute atomic E-state index is 0.0272. The Bertz CT molecular complexity index is 1710. The summed E-state index contributed by atoms with van der Waals surface area (Å²) in [5, 5.41) is 40.5.